The van der Waals surface area contributed by atoms with Crippen molar-refractivity contribution in [3.05, 3.63) is 76.7 Å². The molecular weight excluding hydrogens is 289 g/mol. The molecule has 0 saturated heterocycles. The number of pyridine rings is 1. The summed E-state index contributed by atoms with van der Waals surface area (Å²) in [6.07, 6.45) is 1.72. The smallest absolute Gasteiger partial charge is 0.128 e. The molecular formula is C16H13ClFN3. The van der Waals surface area contributed by atoms with Crippen LogP contribution in [0, 0.1) is 5.82 Å². The van der Waals surface area contributed by atoms with Gasteiger partial charge in [-0.3, -0.25) is 10.8 Å². The quantitative estimate of drug-likeness (QED) is 0.574. The Balaban J connectivity index is 2.21. The van der Waals surface area contributed by atoms with Gasteiger partial charge in [-0.25, -0.2) is 9.82 Å². The summed E-state index contributed by atoms with van der Waals surface area (Å²) in [4.78, 5) is 4.30. The zero-order valence-electron chi connectivity index (χ0n) is 11.1. The maximum Gasteiger partial charge on any atom is 0.128 e. The molecule has 2 aromatic carbocycles. The van der Waals surface area contributed by atoms with Crippen LogP contribution in [0.5, 0.6) is 0 Å². The monoisotopic (exact) mass is 301 g/mol. The molecule has 1 aromatic heterocycles. The summed E-state index contributed by atoms with van der Waals surface area (Å²) >= 11 is 5.98. The Kier molecular flexibility index (Phi) is 3.84. The number of nitrogens with two attached hydrogens (primary N) is 1. The van der Waals surface area contributed by atoms with Crippen LogP contribution in [0.4, 0.5) is 4.39 Å². The third kappa shape index (κ3) is 2.61. The standard InChI is InChI=1S/C16H13ClFN3/c17-10-6-7-14(18)13(9-10)16(21-19)12-3-1-5-15-11(12)4-2-8-20-15/h1-9,16,21H,19H2. The van der Waals surface area contributed by atoms with Crippen molar-refractivity contribution in [3.63, 3.8) is 0 Å². The highest BCUT2D eigenvalue weighted by molar-refractivity contribution is 6.30. The zero-order chi connectivity index (χ0) is 14.8. The number of nitrogens with one attached hydrogen (secondary N) is 1. The van der Waals surface area contributed by atoms with E-state index in [0.29, 0.717) is 10.6 Å². The van der Waals surface area contributed by atoms with Crippen LogP contribution in [0.25, 0.3) is 10.9 Å². The number of halogens is 2. The molecule has 0 aliphatic rings. The molecule has 0 amide bonds. The van der Waals surface area contributed by atoms with Crippen LogP contribution in [0.3, 0.4) is 0 Å². The Labute approximate surface area is 126 Å². The van der Waals surface area contributed by atoms with Crippen LogP contribution in [-0.4, -0.2) is 4.98 Å². The molecule has 3 rings (SSSR count). The van der Waals surface area contributed by atoms with Gasteiger partial charge in [-0.05, 0) is 35.9 Å². The SMILES string of the molecule is NNC(c1cc(Cl)ccc1F)c1cccc2ncccc12. The predicted octanol–water partition coefficient (Wildman–Crippen LogP) is 3.58. The lowest BCUT2D eigenvalue weighted by atomic mass is 9.95. The van der Waals surface area contributed by atoms with Gasteiger partial charge >= 0.3 is 0 Å². The van der Waals surface area contributed by atoms with Crippen LogP contribution in [0.2, 0.25) is 5.02 Å². The van der Waals surface area contributed by atoms with Crippen molar-refractivity contribution in [2.45, 2.75) is 6.04 Å². The number of aromatic nitrogens is 1. The van der Waals surface area contributed by atoms with Gasteiger partial charge in [-0.1, -0.05) is 29.8 Å². The van der Waals surface area contributed by atoms with Gasteiger partial charge in [0, 0.05) is 22.2 Å². The van der Waals surface area contributed by atoms with Gasteiger partial charge in [0.25, 0.3) is 0 Å². The number of benzene rings is 2. The first-order valence-corrected chi connectivity index (χ1v) is 6.83. The summed E-state index contributed by atoms with van der Waals surface area (Å²) in [5.41, 5.74) is 4.75. The average molecular weight is 302 g/mol. The number of hydrazine groups is 1. The summed E-state index contributed by atoms with van der Waals surface area (Å²) in [5.74, 6) is 5.31. The minimum atomic E-state index is -0.503. The van der Waals surface area contributed by atoms with Crippen molar-refractivity contribution < 1.29 is 4.39 Å². The van der Waals surface area contributed by atoms with Crippen molar-refractivity contribution >= 4 is 22.5 Å². The minimum absolute atomic E-state index is 0.358. The first-order chi connectivity index (χ1) is 10.2. The molecule has 0 saturated carbocycles. The van der Waals surface area contributed by atoms with Crippen LogP contribution in [0.1, 0.15) is 17.2 Å². The van der Waals surface area contributed by atoms with Gasteiger partial charge in [0.15, 0.2) is 0 Å². The lowest BCUT2D eigenvalue weighted by molar-refractivity contribution is 0.562. The first kappa shape index (κ1) is 13.9. The van der Waals surface area contributed by atoms with Gasteiger partial charge < -0.3 is 0 Å². The molecule has 106 valence electrons. The molecule has 1 unspecified atom stereocenters. The van der Waals surface area contributed by atoms with Crippen LogP contribution < -0.4 is 11.3 Å². The van der Waals surface area contributed by atoms with Gasteiger partial charge in [0.2, 0.25) is 0 Å². The van der Waals surface area contributed by atoms with E-state index in [0.717, 1.165) is 16.5 Å². The van der Waals surface area contributed by atoms with E-state index in [-0.39, 0.29) is 5.82 Å². The normalized spacial score (nSPS) is 12.5. The van der Waals surface area contributed by atoms with Crippen LogP contribution in [0.15, 0.2) is 54.7 Å². The number of nitrogens with zero attached hydrogens (tertiary/aromatic N) is 1. The van der Waals surface area contributed by atoms with E-state index in [9.17, 15) is 4.39 Å². The number of fused-ring (bicyclic) bond motifs is 1. The van der Waals surface area contributed by atoms with E-state index in [2.05, 4.69) is 10.4 Å². The third-order valence-electron chi connectivity index (χ3n) is 3.43. The summed E-state index contributed by atoms with van der Waals surface area (Å²) < 4.78 is 14.1. The van der Waals surface area contributed by atoms with E-state index in [1.54, 1.807) is 12.3 Å². The van der Waals surface area contributed by atoms with E-state index < -0.39 is 6.04 Å². The largest absolute Gasteiger partial charge is 0.271 e. The molecule has 3 nitrogen and oxygen atoms in total. The molecule has 0 fully saturated rings. The Morgan fingerprint density at radius 2 is 1.95 bits per heavy atom. The van der Waals surface area contributed by atoms with Crippen molar-refractivity contribution in [1.82, 2.24) is 10.4 Å². The number of hydrogen-bond acceptors (Lipinski definition) is 3. The van der Waals surface area contributed by atoms with Crippen molar-refractivity contribution in [2.75, 3.05) is 0 Å². The molecule has 0 aliphatic heterocycles. The minimum Gasteiger partial charge on any atom is -0.271 e. The van der Waals surface area contributed by atoms with Crippen molar-refractivity contribution in [3.8, 4) is 0 Å². The summed E-state index contributed by atoms with van der Waals surface area (Å²) in [6, 6.07) is 13.4. The van der Waals surface area contributed by atoms with E-state index in [1.807, 2.05) is 30.3 Å². The van der Waals surface area contributed by atoms with Gasteiger partial charge in [-0.15, -0.1) is 0 Å². The molecule has 21 heavy (non-hydrogen) atoms. The molecule has 0 aliphatic carbocycles. The molecule has 0 spiro atoms. The Morgan fingerprint density at radius 3 is 2.76 bits per heavy atom. The highest BCUT2D eigenvalue weighted by atomic mass is 35.5. The second-order valence-corrected chi connectivity index (χ2v) is 5.12. The maximum absolute atomic E-state index is 14.1. The van der Waals surface area contributed by atoms with Crippen molar-refractivity contribution in [2.24, 2.45) is 5.84 Å². The Morgan fingerprint density at radius 1 is 1.10 bits per heavy atom. The summed E-state index contributed by atoms with van der Waals surface area (Å²) in [5, 5.41) is 1.38. The highest BCUT2D eigenvalue weighted by Crippen LogP contribution is 2.30. The molecule has 5 heteroatoms. The summed E-state index contributed by atoms with van der Waals surface area (Å²) in [6.45, 7) is 0. The third-order valence-corrected chi connectivity index (χ3v) is 3.66. The highest BCUT2D eigenvalue weighted by Gasteiger charge is 2.19. The predicted molar refractivity (Wildman–Crippen MR) is 82.3 cm³/mol. The lowest BCUT2D eigenvalue weighted by Gasteiger charge is -2.19. The van der Waals surface area contributed by atoms with E-state index in [4.69, 9.17) is 17.4 Å². The fourth-order valence-corrected chi connectivity index (χ4v) is 2.64. The fraction of sp³-hybridized carbons (Fsp3) is 0.0625. The molecule has 1 heterocycles. The van der Waals surface area contributed by atoms with Crippen molar-refractivity contribution in [1.29, 1.82) is 0 Å². The average Bonchev–Trinajstić information content (AvgIpc) is 2.51. The van der Waals surface area contributed by atoms with Crippen LogP contribution >= 0.6 is 11.6 Å². The Hall–Kier alpha value is -2.01. The second kappa shape index (κ2) is 5.77. The Bertz CT molecular complexity index is 786. The molecule has 3 aromatic rings. The number of rotatable bonds is 3. The molecule has 1 atom stereocenters. The van der Waals surface area contributed by atoms with E-state index >= 15 is 0 Å². The van der Waals surface area contributed by atoms with E-state index in [1.165, 1.54) is 12.1 Å². The van der Waals surface area contributed by atoms with Crippen LogP contribution in [-0.2, 0) is 0 Å². The maximum atomic E-state index is 14.1. The lowest BCUT2D eigenvalue weighted by Crippen LogP contribution is -2.29. The van der Waals surface area contributed by atoms with Gasteiger partial charge in [0.1, 0.15) is 5.82 Å². The topological polar surface area (TPSA) is 50.9 Å². The first-order valence-electron chi connectivity index (χ1n) is 6.45. The summed E-state index contributed by atoms with van der Waals surface area (Å²) in [7, 11) is 0. The zero-order valence-corrected chi connectivity index (χ0v) is 11.8. The molecule has 0 radical (unpaired) electrons. The molecule has 0 bridgehead atoms. The number of hydrogen-bond donors (Lipinski definition) is 2. The fourth-order valence-electron chi connectivity index (χ4n) is 2.46. The molecule has 3 N–H and O–H groups in total. The van der Waals surface area contributed by atoms with Gasteiger partial charge in [-0.2, -0.15) is 0 Å². The second-order valence-electron chi connectivity index (χ2n) is 4.68. The van der Waals surface area contributed by atoms with Gasteiger partial charge in [0.05, 0.1) is 11.6 Å².